The van der Waals surface area contributed by atoms with Crippen molar-refractivity contribution in [3.8, 4) is 11.5 Å². The van der Waals surface area contributed by atoms with E-state index in [0.717, 1.165) is 17.3 Å². The van der Waals surface area contributed by atoms with Crippen molar-refractivity contribution in [2.75, 3.05) is 20.0 Å². The Balaban J connectivity index is 2.10. The second kappa shape index (κ2) is 11.6. The molecule has 0 fully saturated rings. The molecule has 2 aromatic carbocycles. The van der Waals surface area contributed by atoms with Crippen molar-refractivity contribution in [3.63, 3.8) is 0 Å². The molecule has 1 amide bonds. The topological polar surface area (TPSA) is 90.9 Å². The predicted molar refractivity (Wildman–Crippen MR) is 125 cm³/mol. The first-order valence-electron chi connectivity index (χ1n) is 10.1. The number of methoxy groups -OCH3 is 2. The number of Topliss-reactive ketones (excluding diaryl/α,β-unsaturated/α-hetero) is 1. The molecule has 0 aliphatic rings. The highest BCUT2D eigenvalue weighted by Crippen LogP contribution is 2.26. The summed E-state index contributed by atoms with van der Waals surface area (Å²) in [5.74, 6) is 0.573. The van der Waals surface area contributed by atoms with E-state index in [0.29, 0.717) is 17.1 Å². The fourth-order valence-electron chi connectivity index (χ4n) is 2.84. The van der Waals surface area contributed by atoms with Gasteiger partial charge in [0.15, 0.2) is 5.78 Å². The van der Waals surface area contributed by atoms with E-state index in [2.05, 4.69) is 5.32 Å². The fraction of sp³-hybridized carbons (Fsp3) is 0.375. The van der Waals surface area contributed by atoms with E-state index in [1.807, 2.05) is 30.3 Å². The van der Waals surface area contributed by atoms with E-state index in [1.54, 1.807) is 39.0 Å². The lowest BCUT2D eigenvalue weighted by atomic mass is 10.1. The lowest BCUT2D eigenvalue weighted by Crippen LogP contribution is -2.44. The third-order valence-corrected chi connectivity index (χ3v) is 5.29. The maximum absolute atomic E-state index is 12.9. The minimum Gasteiger partial charge on any atom is -0.497 e. The summed E-state index contributed by atoms with van der Waals surface area (Å²) in [5.41, 5.74) is 0.539. The van der Waals surface area contributed by atoms with Crippen molar-refractivity contribution in [1.82, 2.24) is 5.32 Å². The molecular weight excluding hydrogens is 430 g/mol. The first-order valence-corrected chi connectivity index (χ1v) is 11.1. The highest BCUT2D eigenvalue weighted by atomic mass is 32.2. The largest absolute Gasteiger partial charge is 0.497 e. The molecule has 0 aromatic heterocycles. The highest BCUT2D eigenvalue weighted by Gasteiger charge is 2.26. The van der Waals surface area contributed by atoms with Crippen LogP contribution in [0.5, 0.6) is 11.5 Å². The van der Waals surface area contributed by atoms with Crippen molar-refractivity contribution < 1.29 is 28.6 Å². The van der Waals surface area contributed by atoms with E-state index in [9.17, 15) is 14.4 Å². The molecule has 0 saturated carbocycles. The Labute approximate surface area is 192 Å². The molecule has 0 heterocycles. The quantitative estimate of drug-likeness (QED) is 0.560. The second-order valence-electron chi connectivity index (χ2n) is 7.99. The smallest absolute Gasteiger partial charge is 0.408 e. The van der Waals surface area contributed by atoms with Gasteiger partial charge < -0.3 is 19.5 Å². The van der Waals surface area contributed by atoms with E-state index in [1.165, 1.54) is 14.2 Å². The van der Waals surface area contributed by atoms with E-state index < -0.39 is 17.7 Å². The monoisotopic (exact) mass is 459 g/mol. The van der Waals surface area contributed by atoms with E-state index in [-0.39, 0.29) is 23.1 Å². The Morgan fingerprint density at radius 3 is 2.28 bits per heavy atom. The van der Waals surface area contributed by atoms with Crippen LogP contribution in [0.1, 0.15) is 36.7 Å². The lowest BCUT2D eigenvalue weighted by Gasteiger charge is -2.23. The number of carbonyl (C=O) groups is 3. The molecule has 0 aliphatic heterocycles. The van der Waals surface area contributed by atoms with Crippen molar-refractivity contribution in [1.29, 1.82) is 0 Å². The van der Waals surface area contributed by atoms with Crippen molar-refractivity contribution >= 4 is 28.8 Å². The van der Waals surface area contributed by atoms with Crippen LogP contribution >= 0.6 is 11.8 Å². The zero-order valence-electron chi connectivity index (χ0n) is 19.0. The Morgan fingerprint density at radius 2 is 1.69 bits per heavy atom. The van der Waals surface area contributed by atoms with Gasteiger partial charge in [0.25, 0.3) is 0 Å². The molecule has 1 N–H and O–H groups in total. The number of ketones is 1. The molecule has 8 heteroatoms. The molecule has 0 bridgehead atoms. The van der Waals surface area contributed by atoms with E-state index >= 15 is 0 Å². The van der Waals surface area contributed by atoms with Crippen LogP contribution in [0.2, 0.25) is 0 Å². The number of carbonyl (C=O) groups excluding carboxylic acids is 3. The molecule has 7 nitrogen and oxygen atoms in total. The maximum Gasteiger partial charge on any atom is 0.408 e. The van der Waals surface area contributed by atoms with Crippen LogP contribution in [0.4, 0.5) is 4.79 Å². The minimum atomic E-state index is -0.845. The van der Waals surface area contributed by atoms with Gasteiger partial charge in [0, 0.05) is 12.5 Å². The molecule has 1 unspecified atom stereocenters. The number of nitrogens with one attached hydrogen (secondary N) is 1. The van der Waals surface area contributed by atoms with Crippen molar-refractivity contribution in [2.24, 2.45) is 0 Å². The summed E-state index contributed by atoms with van der Waals surface area (Å²) in [6, 6.07) is 13.4. The summed E-state index contributed by atoms with van der Waals surface area (Å²) in [4.78, 5) is 37.9. The summed E-state index contributed by atoms with van der Waals surface area (Å²) in [5, 5.41) is 2.31. The van der Waals surface area contributed by atoms with Gasteiger partial charge in [-0.15, -0.1) is 0 Å². The number of amides is 1. The maximum atomic E-state index is 12.9. The molecule has 32 heavy (non-hydrogen) atoms. The average Bonchev–Trinajstić information content (AvgIpc) is 2.75. The number of rotatable bonds is 9. The molecule has 1 atom stereocenters. The summed E-state index contributed by atoms with van der Waals surface area (Å²) in [7, 11) is 2.99. The Kier molecular flexibility index (Phi) is 9.13. The standard InChI is InChI=1S/C24H29NO6S/c1-24(2,3)31-23(28)25-19(13-16-9-7-6-8-10-16)22(27)32-15-20(26)18-12-11-17(29-4)14-21(18)30-5/h6-12,14,19H,13,15H2,1-5H3,(H,25,28). The van der Waals surface area contributed by atoms with Gasteiger partial charge in [0.05, 0.1) is 25.5 Å². The van der Waals surface area contributed by atoms with Crippen molar-refractivity contribution in [2.45, 2.75) is 38.8 Å². The number of benzene rings is 2. The minimum absolute atomic E-state index is 0.0944. The Bertz CT molecular complexity index is 939. The van der Waals surface area contributed by atoms with Gasteiger partial charge >= 0.3 is 6.09 Å². The second-order valence-corrected chi connectivity index (χ2v) is 8.97. The summed E-state index contributed by atoms with van der Waals surface area (Å²) in [6.07, 6.45) is -0.401. The first kappa shape index (κ1) is 25.3. The van der Waals surface area contributed by atoms with Gasteiger partial charge in [-0.1, -0.05) is 42.1 Å². The lowest BCUT2D eigenvalue weighted by molar-refractivity contribution is -0.112. The predicted octanol–water partition coefficient (Wildman–Crippen LogP) is 4.28. The zero-order valence-corrected chi connectivity index (χ0v) is 19.8. The Hall–Kier alpha value is -3.00. The number of hydrogen-bond acceptors (Lipinski definition) is 7. The van der Waals surface area contributed by atoms with Crippen LogP contribution in [0.25, 0.3) is 0 Å². The summed E-state index contributed by atoms with van der Waals surface area (Å²) in [6.45, 7) is 5.24. The molecule has 2 rings (SSSR count). The number of thioether (sulfide) groups is 1. The van der Waals surface area contributed by atoms with Crippen LogP contribution < -0.4 is 14.8 Å². The third kappa shape index (κ3) is 7.92. The van der Waals surface area contributed by atoms with Gasteiger partial charge in [-0.3, -0.25) is 9.59 Å². The third-order valence-electron chi connectivity index (χ3n) is 4.31. The molecular formula is C24H29NO6S. The van der Waals surface area contributed by atoms with Crippen LogP contribution in [-0.4, -0.2) is 48.6 Å². The molecule has 172 valence electrons. The molecule has 0 aliphatic carbocycles. The van der Waals surface area contributed by atoms with Crippen LogP contribution in [0.3, 0.4) is 0 Å². The first-order chi connectivity index (χ1) is 15.1. The summed E-state index contributed by atoms with van der Waals surface area (Å²) >= 11 is 0.850. The van der Waals surface area contributed by atoms with Crippen molar-refractivity contribution in [3.05, 3.63) is 59.7 Å². The molecule has 0 saturated heterocycles. The molecule has 0 spiro atoms. The van der Waals surface area contributed by atoms with Gasteiger partial charge in [-0.25, -0.2) is 4.79 Å². The van der Waals surface area contributed by atoms with Crippen LogP contribution in [0.15, 0.2) is 48.5 Å². The van der Waals surface area contributed by atoms with Gasteiger partial charge in [0.1, 0.15) is 23.1 Å². The average molecular weight is 460 g/mol. The zero-order chi connectivity index (χ0) is 23.7. The van der Waals surface area contributed by atoms with Gasteiger partial charge in [-0.2, -0.15) is 0 Å². The van der Waals surface area contributed by atoms with Crippen LogP contribution in [-0.2, 0) is 16.0 Å². The summed E-state index contributed by atoms with van der Waals surface area (Å²) < 4.78 is 15.7. The fourth-order valence-corrected chi connectivity index (χ4v) is 3.61. The molecule has 0 radical (unpaired) electrons. The van der Waals surface area contributed by atoms with Crippen LogP contribution in [0, 0.1) is 0 Å². The van der Waals surface area contributed by atoms with E-state index in [4.69, 9.17) is 14.2 Å². The number of hydrogen-bond donors (Lipinski definition) is 1. The number of alkyl carbamates (subject to hydrolysis) is 1. The normalized spacial score (nSPS) is 11.9. The van der Waals surface area contributed by atoms with Gasteiger partial charge in [0.2, 0.25) is 5.12 Å². The molecule has 2 aromatic rings. The highest BCUT2D eigenvalue weighted by molar-refractivity contribution is 8.14. The SMILES string of the molecule is COc1ccc(C(=O)CSC(=O)C(Cc2ccccc2)NC(=O)OC(C)(C)C)c(OC)c1. The number of ether oxygens (including phenoxy) is 3. The van der Waals surface area contributed by atoms with Gasteiger partial charge in [-0.05, 0) is 38.5 Å². The Morgan fingerprint density at radius 1 is 1.00 bits per heavy atom.